The molecule has 102 valence electrons. The van der Waals surface area contributed by atoms with Crippen LogP contribution in [0.3, 0.4) is 0 Å². The van der Waals surface area contributed by atoms with Crippen molar-refractivity contribution in [1.82, 2.24) is 4.90 Å². The molecule has 2 aliphatic rings. The van der Waals surface area contributed by atoms with Crippen LogP contribution in [-0.2, 0) is 0 Å². The fraction of sp³-hybridized carbons (Fsp3) is 0.500. The molecule has 1 atom stereocenters. The zero-order chi connectivity index (χ0) is 13.2. The lowest BCUT2D eigenvalue weighted by molar-refractivity contribution is 0.0771. The Morgan fingerprint density at radius 3 is 3.00 bits per heavy atom. The summed E-state index contributed by atoms with van der Waals surface area (Å²) in [5.41, 5.74) is 0.552. The first-order valence-electron chi connectivity index (χ1n) is 6.58. The standard InChI is InChI=1S/C14H17NO4/c16-9-10-4-5-15(8-10)14(17)11-2-1-3-12-13(11)19-7-6-18-12/h1-3,10,16H,4-9H2/t10-/m1/s1. The lowest BCUT2D eigenvalue weighted by Crippen LogP contribution is -2.30. The maximum Gasteiger partial charge on any atom is 0.257 e. The Bertz CT molecular complexity index is 488. The van der Waals surface area contributed by atoms with Crippen molar-refractivity contribution in [2.75, 3.05) is 32.9 Å². The largest absolute Gasteiger partial charge is 0.486 e. The molecule has 1 saturated heterocycles. The average molecular weight is 263 g/mol. The van der Waals surface area contributed by atoms with Gasteiger partial charge in [0.05, 0.1) is 5.56 Å². The third kappa shape index (κ3) is 2.26. The maximum atomic E-state index is 12.5. The molecule has 0 spiro atoms. The van der Waals surface area contributed by atoms with Crippen molar-refractivity contribution in [1.29, 1.82) is 0 Å². The van der Waals surface area contributed by atoms with Crippen LogP contribution in [-0.4, -0.2) is 48.8 Å². The Morgan fingerprint density at radius 2 is 2.21 bits per heavy atom. The molecule has 1 fully saturated rings. The number of benzene rings is 1. The molecule has 0 bridgehead atoms. The molecule has 5 nitrogen and oxygen atoms in total. The minimum Gasteiger partial charge on any atom is -0.486 e. The van der Waals surface area contributed by atoms with Gasteiger partial charge in [0, 0.05) is 25.6 Å². The predicted octanol–water partition coefficient (Wildman–Crippen LogP) is 0.912. The van der Waals surface area contributed by atoms with Crippen molar-refractivity contribution in [3.63, 3.8) is 0 Å². The van der Waals surface area contributed by atoms with Crippen LogP contribution in [0.2, 0.25) is 0 Å². The fourth-order valence-electron chi connectivity index (χ4n) is 2.58. The summed E-state index contributed by atoms with van der Waals surface area (Å²) in [5, 5.41) is 9.15. The molecule has 1 N–H and O–H groups in total. The Balaban J connectivity index is 1.84. The van der Waals surface area contributed by atoms with Gasteiger partial charge in [0.15, 0.2) is 11.5 Å². The second kappa shape index (κ2) is 5.09. The highest BCUT2D eigenvalue weighted by Gasteiger charge is 2.29. The number of rotatable bonds is 2. The van der Waals surface area contributed by atoms with Gasteiger partial charge in [-0.25, -0.2) is 0 Å². The highest BCUT2D eigenvalue weighted by atomic mass is 16.6. The van der Waals surface area contributed by atoms with Gasteiger partial charge in [0.1, 0.15) is 13.2 Å². The molecule has 19 heavy (non-hydrogen) atoms. The second-order valence-corrected chi connectivity index (χ2v) is 4.92. The summed E-state index contributed by atoms with van der Waals surface area (Å²) in [5.74, 6) is 1.33. The monoisotopic (exact) mass is 263 g/mol. The number of aliphatic hydroxyl groups excluding tert-OH is 1. The molecular formula is C14H17NO4. The number of fused-ring (bicyclic) bond motifs is 1. The van der Waals surface area contributed by atoms with Crippen LogP contribution in [0.15, 0.2) is 18.2 Å². The van der Waals surface area contributed by atoms with Crippen molar-refractivity contribution in [3.8, 4) is 11.5 Å². The van der Waals surface area contributed by atoms with E-state index in [2.05, 4.69) is 0 Å². The number of carbonyl (C=O) groups is 1. The maximum absolute atomic E-state index is 12.5. The quantitative estimate of drug-likeness (QED) is 0.861. The summed E-state index contributed by atoms with van der Waals surface area (Å²) in [7, 11) is 0. The van der Waals surface area contributed by atoms with E-state index >= 15 is 0 Å². The van der Waals surface area contributed by atoms with Gasteiger partial charge in [-0.2, -0.15) is 0 Å². The molecule has 2 aliphatic heterocycles. The van der Waals surface area contributed by atoms with E-state index in [4.69, 9.17) is 14.6 Å². The molecule has 3 rings (SSSR count). The Labute approximate surface area is 111 Å². The molecule has 0 radical (unpaired) electrons. The van der Waals surface area contributed by atoms with Gasteiger partial charge in [0.2, 0.25) is 0 Å². The molecule has 2 heterocycles. The van der Waals surface area contributed by atoms with Crippen molar-refractivity contribution in [2.24, 2.45) is 5.92 Å². The van der Waals surface area contributed by atoms with Gasteiger partial charge < -0.3 is 19.5 Å². The average Bonchev–Trinajstić information content (AvgIpc) is 2.95. The molecule has 0 unspecified atom stereocenters. The van der Waals surface area contributed by atoms with E-state index in [9.17, 15) is 4.79 Å². The summed E-state index contributed by atoms with van der Waals surface area (Å²) >= 11 is 0. The lowest BCUT2D eigenvalue weighted by atomic mass is 10.1. The molecule has 0 aromatic heterocycles. The smallest absolute Gasteiger partial charge is 0.257 e. The zero-order valence-electron chi connectivity index (χ0n) is 10.7. The van der Waals surface area contributed by atoms with E-state index in [1.54, 1.807) is 17.0 Å². The lowest BCUT2D eigenvalue weighted by Gasteiger charge is -2.23. The van der Waals surface area contributed by atoms with Crippen LogP contribution >= 0.6 is 0 Å². The topological polar surface area (TPSA) is 59.0 Å². The van der Waals surface area contributed by atoms with Crippen molar-refractivity contribution in [3.05, 3.63) is 23.8 Å². The SMILES string of the molecule is O=C(c1cccc2c1OCCO2)N1CC[C@@H](CO)C1. The minimum atomic E-state index is -0.0432. The minimum absolute atomic E-state index is 0.0432. The van der Waals surface area contributed by atoms with Crippen molar-refractivity contribution >= 4 is 5.91 Å². The van der Waals surface area contributed by atoms with E-state index in [1.807, 2.05) is 6.07 Å². The summed E-state index contributed by atoms with van der Waals surface area (Å²) in [6.45, 7) is 2.42. The van der Waals surface area contributed by atoms with Gasteiger partial charge in [-0.1, -0.05) is 6.07 Å². The van der Waals surface area contributed by atoms with Crippen molar-refractivity contribution < 1.29 is 19.4 Å². The first-order valence-corrected chi connectivity index (χ1v) is 6.58. The normalized spacial score (nSPS) is 21.5. The molecular weight excluding hydrogens is 246 g/mol. The summed E-state index contributed by atoms with van der Waals surface area (Å²) in [6, 6.07) is 5.38. The Kier molecular flexibility index (Phi) is 3.29. The molecule has 1 amide bonds. The zero-order valence-corrected chi connectivity index (χ0v) is 10.7. The summed E-state index contributed by atoms with van der Waals surface area (Å²) < 4.78 is 11.1. The van der Waals surface area contributed by atoms with Crippen LogP contribution in [0, 0.1) is 5.92 Å². The first-order chi connectivity index (χ1) is 9.29. The van der Waals surface area contributed by atoms with Crippen molar-refractivity contribution in [2.45, 2.75) is 6.42 Å². The van der Waals surface area contributed by atoms with Crippen LogP contribution in [0.5, 0.6) is 11.5 Å². The van der Waals surface area contributed by atoms with Crippen LogP contribution in [0.25, 0.3) is 0 Å². The van der Waals surface area contributed by atoms with Crippen LogP contribution in [0.4, 0.5) is 0 Å². The fourth-order valence-corrected chi connectivity index (χ4v) is 2.58. The van der Waals surface area contributed by atoms with Gasteiger partial charge in [0.25, 0.3) is 5.91 Å². The van der Waals surface area contributed by atoms with E-state index < -0.39 is 0 Å². The van der Waals surface area contributed by atoms with Gasteiger partial charge in [-0.05, 0) is 18.6 Å². The van der Waals surface area contributed by atoms with E-state index in [1.165, 1.54) is 0 Å². The molecule has 5 heteroatoms. The second-order valence-electron chi connectivity index (χ2n) is 4.92. The molecule has 0 saturated carbocycles. The third-order valence-electron chi connectivity index (χ3n) is 3.63. The van der Waals surface area contributed by atoms with E-state index in [-0.39, 0.29) is 18.4 Å². The number of carbonyl (C=O) groups excluding carboxylic acids is 1. The van der Waals surface area contributed by atoms with Crippen LogP contribution in [0.1, 0.15) is 16.8 Å². The summed E-state index contributed by atoms with van der Waals surface area (Å²) in [4.78, 5) is 14.3. The number of amides is 1. The van der Waals surface area contributed by atoms with E-state index in [0.29, 0.717) is 43.4 Å². The van der Waals surface area contributed by atoms with Crippen LogP contribution < -0.4 is 9.47 Å². The Hall–Kier alpha value is -1.75. The van der Waals surface area contributed by atoms with Gasteiger partial charge >= 0.3 is 0 Å². The highest BCUT2D eigenvalue weighted by molar-refractivity contribution is 5.98. The summed E-state index contributed by atoms with van der Waals surface area (Å²) in [6.07, 6.45) is 0.856. The number of nitrogens with zero attached hydrogens (tertiary/aromatic N) is 1. The van der Waals surface area contributed by atoms with E-state index in [0.717, 1.165) is 6.42 Å². The number of hydrogen-bond donors (Lipinski definition) is 1. The number of ether oxygens (including phenoxy) is 2. The number of hydrogen-bond acceptors (Lipinski definition) is 4. The highest BCUT2D eigenvalue weighted by Crippen LogP contribution is 2.34. The molecule has 1 aromatic rings. The Morgan fingerprint density at radius 1 is 1.37 bits per heavy atom. The molecule has 0 aliphatic carbocycles. The number of aliphatic hydroxyl groups is 1. The first kappa shape index (κ1) is 12.3. The van der Waals surface area contributed by atoms with Gasteiger partial charge in [-0.15, -0.1) is 0 Å². The number of para-hydroxylation sites is 1. The number of likely N-dealkylation sites (tertiary alicyclic amines) is 1. The third-order valence-corrected chi connectivity index (χ3v) is 3.63. The van der Waals surface area contributed by atoms with Gasteiger partial charge in [-0.3, -0.25) is 4.79 Å². The molecule has 1 aromatic carbocycles. The predicted molar refractivity (Wildman–Crippen MR) is 68.5 cm³/mol.